The van der Waals surface area contributed by atoms with Crippen LogP contribution in [-0.4, -0.2) is 24.5 Å². The zero-order chi connectivity index (χ0) is 15.2. The van der Waals surface area contributed by atoms with Gasteiger partial charge in [0.05, 0.1) is 5.02 Å². The predicted molar refractivity (Wildman–Crippen MR) is 86.9 cm³/mol. The van der Waals surface area contributed by atoms with Gasteiger partial charge in [0.2, 0.25) is 0 Å². The molecule has 1 fully saturated rings. The van der Waals surface area contributed by atoms with Crippen LogP contribution in [0, 0.1) is 11.8 Å². The fourth-order valence-corrected chi connectivity index (χ4v) is 3.10. The molecule has 1 aromatic heterocycles. The predicted octanol–water partition coefficient (Wildman–Crippen LogP) is 3.72. The highest BCUT2D eigenvalue weighted by molar-refractivity contribution is 6.33. The minimum atomic E-state index is -0.185. The lowest BCUT2D eigenvalue weighted by Gasteiger charge is -2.27. The number of carbonyl (C=O) groups excluding carboxylic acids is 1. The van der Waals surface area contributed by atoms with Gasteiger partial charge in [-0.25, -0.2) is 4.98 Å². The maximum atomic E-state index is 12.2. The highest BCUT2D eigenvalue weighted by Crippen LogP contribution is 2.30. The molecule has 0 aromatic carbocycles. The van der Waals surface area contributed by atoms with Crippen LogP contribution >= 0.6 is 11.6 Å². The van der Waals surface area contributed by atoms with Gasteiger partial charge < -0.3 is 10.6 Å². The van der Waals surface area contributed by atoms with E-state index in [1.54, 1.807) is 19.2 Å². The first-order chi connectivity index (χ1) is 10.1. The molecule has 0 spiro atoms. The first-order valence-corrected chi connectivity index (χ1v) is 8.14. The summed E-state index contributed by atoms with van der Waals surface area (Å²) in [4.78, 5) is 16.4. The molecule has 116 valence electrons. The number of halogens is 1. The lowest BCUT2D eigenvalue weighted by molar-refractivity contribution is 0.0936. The Kier molecular flexibility index (Phi) is 5.85. The number of carbonyl (C=O) groups is 1. The number of amides is 1. The molecule has 1 aliphatic rings. The minimum Gasteiger partial charge on any atom is -0.373 e. The standard InChI is InChI=1S/C16H24ClN3O/c1-3-11-4-6-12(7-5-11)10-19-16(21)15-13(17)8-9-14(18-2)20-15/h8-9,11-12H,3-7,10H2,1-2H3,(H,18,20)(H,19,21). The number of anilines is 1. The van der Waals surface area contributed by atoms with Crippen LogP contribution in [0.4, 0.5) is 5.82 Å². The van der Waals surface area contributed by atoms with E-state index in [9.17, 15) is 4.79 Å². The molecule has 0 atom stereocenters. The van der Waals surface area contributed by atoms with E-state index in [4.69, 9.17) is 11.6 Å². The van der Waals surface area contributed by atoms with E-state index in [1.807, 2.05) is 0 Å². The summed E-state index contributed by atoms with van der Waals surface area (Å²) in [5.74, 6) is 1.92. The van der Waals surface area contributed by atoms with Crippen molar-refractivity contribution in [3.05, 3.63) is 22.8 Å². The van der Waals surface area contributed by atoms with E-state index in [1.165, 1.54) is 32.1 Å². The summed E-state index contributed by atoms with van der Waals surface area (Å²) in [7, 11) is 1.77. The molecule has 0 radical (unpaired) electrons. The van der Waals surface area contributed by atoms with Crippen molar-refractivity contribution < 1.29 is 4.79 Å². The molecule has 0 unspecified atom stereocenters. The van der Waals surface area contributed by atoms with Crippen molar-refractivity contribution in [2.75, 3.05) is 18.9 Å². The largest absolute Gasteiger partial charge is 0.373 e. The van der Waals surface area contributed by atoms with Gasteiger partial charge >= 0.3 is 0 Å². The Labute approximate surface area is 131 Å². The molecule has 2 rings (SSSR count). The van der Waals surface area contributed by atoms with Crippen LogP contribution in [-0.2, 0) is 0 Å². The van der Waals surface area contributed by atoms with Gasteiger partial charge in [-0.1, -0.05) is 37.8 Å². The molecule has 1 saturated carbocycles. The second-order valence-corrected chi connectivity index (χ2v) is 6.19. The number of nitrogens with one attached hydrogen (secondary N) is 2. The Bertz CT molecular complexity index is 484. The zero-order valence-electron chi connectivity index (χ0n) is 12.8. The van der Waals surface area contributed by atoms with Crippen molar-refractivity contribution in [2.24, 2.45) is 11.8 Å². The second kappa shape index (κ2) is 7.64. The molecule has 0 bridgehead atoms. The van der Waals surface area contributed by atoms with Crippen LogP contribution in [0.1, 0.15) is 49.5 Å². The van der Waals surface area contributed by atoms with Crippen molar-refractivity contribution in [1.82, 2.24) is 10.3 Å². The lowest BCUT2D eigenvalue weighted by Crippen LogP contribution is -2.32. The summed E-state index contributed by atoms with van der Waals surface area (Å²) in [5, 5.41) is 6.29. The van der Waals surface area contributed by atoms with Crippen LogP contribution in [0.25, 0.3) is 0 Å². The second-order valence-electron chi connectivity index (χ2n) is 5.78. The van der Waals surface area contributed by atoms with Gasteiger partial charge in [0, 0.05) is 13.6 Å². The smallest absolute Gasteiger partial charge is 0.271 e. The van der Waals surface area contributed by atoms with Crippen LogP contribution in [0.15, 0.2) is 12.1 Å². The Morgan fingerprint density at radius 3 is 2.57 bits per heavy atom. The summed E-state index contributed by atoms with van der Waals surface area (Å²) in [6.45, 7) is 2.98. The fourth-order valence-electron chi connectivity index (χ4n) is 2.91. The summed E-state index contributed by atoms with van der Waals surface area (Å²) in [6.07, 6.45) is 6.25. The van der Waals surface area contributed by atoms with Crippen LogP contribution < -0.4 is 10.6 Å². The molecule has 1 heterocycles. The molecule has 0 saturated heterocycles. The maximum absolute atomic E-state index is 12.2. The SMILES string of the molecule is CCC1CCC(CNC(=O)c2nc(NC)ccc2Cl)CC1. The molecule has 4 nitrogen and oxygen atoms in total. The molecule has 2 N–H and O–H groups in total. The Hall–Kier alpha value is -1.29. The van der Waals surface area contributed by atoms with Crippen molar-refractivity contribution in [3.8, 4) is 0 Å². The van der Waals surface area contributed by atoms with Gasteiger partial charge in [0.25, 0.3) is 5.91 Å². The lowest BCUT2D eigenvalue weighted by atomic mass is 9.81. The zero-order valence-corrected chi connectivity index (χ0v) is 13.5. The van der Waals surface area contributed by atoms with Crippen LogP contribution in [0.3, 0.4) is 0 Å². The number of hydrogen-bond acceptors (Lipinski definition) is 3. The van der Waals surface area contributed by atoms with E-state index in [2.05, 4.69) is 22.5 Å². The molecule has 1 amide bonds. The van der Waals surface area contributed by atoms with Gasteiger partial charge in [-0.2, -0.15) is 0 Å². The van der Waals surface area contributed by atoms with Gasteiger partial charge in [0.1, 0.15) is 11.5 Å². The summed E-state index contributed by atoms with van der Waals surface area (Å²) in [6, 6.07) is 3.45. The summed E-state index contributed by atoms with van der Waals surface area (Å²) < 4.78 is 0. The first-order valence-electron chi connectivity index (χ1n) is 7.76. The van der Waals surface area contributed by atoms with E-state index in [0.29, 0.717) is 22.5 Å². The first kappa shape index (κ1) is 16.1. The van der Waals surface area contributed by atoms with Crippen molar-refractivity contribution >= 4 is 23.3 Å². The summed E-state index contributed by atoms with van der Waals surface area (Å²) in [5.41, 5.74) is 0.297. The monoisotopic (exact) mass is 309 g/mol. The number of pyridine rings is 1. The number of hydrogen-bond donors (Lipinski definition) is 2. The molecule has 21 heavy (non-hydrogen) atoms. The molecule has 1 aliphatic carbocycles. The minimum absolute atomic E-state index is 0.185. The van der Waals surface area contributed by atoms with Crippen LogP contribution in [0.2, 0.25) is 5.02 Å². The van der Waals surface area contributed by atoms with E-state index in [0.717, 1.165) is 12.5 Å². The molecule has 1 aromatic rings. The molecular weight excluding hydrogens is 286 g/mol. The van der Waals surface area contributed by atoms with Gasteiger partial charge in [-0.3, -0.25) is 4.79 Å². The Morgan fingerprint density at radius 1 is 1.29 bits per heavy atom. The topological polar surface area (TPSA) is 54.0 Å². The Balaban J connectivity index is 1.87. The van der Waals surface area contributed by atoms with Crippen LogP contribution in [0.5, 0.6) is 0 Å². The highest BCUT2D eigenvalue weighted by atomic mass is 35.5. The van der Waals surface area contributed by atoms with Gasteiger partial charge in [-0.05, 0) is 36.8 Å². The molecular formula is C16H24ClN3O. The van der Waals surface area contributed by atoms with E-state index < -0.39 is 0 Å². The molecule has 5 heteroatoms. The number of rotatable bonds is 5. The van der Waals surface area contributed by atoms with Gasteiger partial charge in [0.15, 0.2) is 0 Å². The summed E-state index contributed by atoms with van der Waals surface area (Å²) >= 11 is 6.06. The molecule has 0 aliphatic heterocycles. The number of nitrogens with zero attached hydrogens (tertiary/aromatic N) is 1. The van der Waals surface area contributed by atoms with Gasteiger partial charge in [-0.15, -0.1) is 0 Å². The van der Waals surface area contributed by atoms with Crippen molar-refractivity contribution in [2.45, 2.75) is 39.0 Å². The average molecular weight is 310 g/mol. The third-order valence-electron chi connectivity index (χ3n) is 4.41. The number of aromatic nitrogens is 1. The average Bonchev–Trinajstić information content (AvgIpc) is 2.53. The van der Waals surface area contributed by atoms with Crippen molar-refractivity contribution in [3.63, 3.8) is 0 Å². The fraction of sp³-hybridized carbons (Fsp3) is 0.625. The third kappa shape index (κ3) is 4.34. The Morgan fingerprint density at radius 2 is 1.95 bits per heavy atom. The third-order valence-corrected chi connectivity index (χ3v) is 4.72. The normalized spacial score (nSPS) is 21.9. The quantitative estimate of drug-likeness (QED) is 0.871. The van der Waals surface area contributed by atoms with E-state index in [-0.39, 0.29) is 5.91 Å². The highest BCUT2D eigenvalue weighted by Gasteiger charge is 2.21. The maximum Gasteiger partial charge on any atom is 0.271 e. The van der Waals surface area contributed by atoms with Crippen molar-refractivity contribution in [1.29, 1.82) is 0 Å². The van der Waals surface area contributed by atoms with E-state index >= 15 is 0 Å².